The lowest BCUT2D eigenvalue weighted by atomic mass is 10.1. The van der Waals surface area contributed by atoms with Gasteiger partial charge in [0, 0.05) is 15.5 Å². The van der Waals surface area contributed by atoms with E-state index in [0.717, 1.165) is 17.0 Å². The number of Topliss-reactive ketones (excluding diaryl/α,β-unsaturated/α-hetero) is 1. The molecule has 6 heteroatoms. The fourth-order valence-corrected chi connectivity index (χ4v) is 2.76. The van der Waals surface area contributed by atoms with Gasteiger partial charge in [0.2, 0.25) is 0 Å². The highest BCUT2D eigenvalue weighted by Crippen LogP contribution is 2.30. The summed E-state index contributed by atoms with van der Waals surface area (Å²) in [6, 6.07) is 11.4. The summed E-state index contributed by atoms with van der Waals surface area (Å²) in [6.07, 6.45) is -4.45. The lowest BCUT2D eigenvalue weighted by Crippen LogP contribution is -2.08. The first kappa shape index (κ1) is 15.9. The third kappa shape index (κ3) is 4.51. The Morgan fingerprint density at radius 1 is 1.10 bits per heavy atom. The summed E-state index contributed by atoms with van der Waals surface area (Å²) in [7, 11) is 0. The van der Waals surface area contributed by atoms with Gasteiger partial charge in [-0.1, -0.05) is 29.8 Å². The molecule has 0 radical (unpaired) electrons. The minimum absolute atomic E-state index is 0.0550. The highest BCUT2D eigenvalue weighted by molar-refractivity contribution is 8.00. The van der Waals surface area contributed by atoms with Gasteiger partial charge in [-0.05, 0) is 30.3 Å². The Bertz CT molecular complexity index is 655. The van der Waals surface area contributed by atoms with Crippen LogP contribution in [0.2, 0.25) is 5.02 Å². The number of alkyl halides is 3. The van der Waals surface area contributed by atoms with E-state index in [2.05, 4.69) is 0 Å². The van der Waals surface area contributed by atoms with Gasteiger partial charge < -0.3 is 0 Å². The van der Waals surface area contributed by atoms with Crippen LogP contribution in [0.3, 0.4) is 0 Å². The van der Waals surface area contributed by atoms with Gasteiger partial charge in [0.1, 0.15) is 0 Å². The molecule has 2 rings (SSSR count). The van der Waals surface area contributed by atoms with E-state index < -0.39 is 11.7 Å². The van der Waals surface area contributed by atoms with Crippen LogP contribution in [-0.2, 0) is 6.18 Å². The molecule has 110 valence electrons. The molecule has 0 aromatic heterocycles. The summed E-state index contributed by atoms with van der Waals surface area (Å²) in [5.41, 5.74) is -0.763. The molecule has 0 bridgehead atoms. The first-order valence-electron chi connectivity index (χ1n) is 5.95. The molecule has 0 spiro atoms. The van der Waals surface area contributed by atoms with Gasteiger partial charge in [-0.3, -0.25) is 4.79 Å². The normalized spacial score (nSPS) is 11.4. The van der Waals surface area contributed by atoms with Gasteiger partial charge in [-0.2, -0.15) is 13.2 Å². The van der Waals surface area contributed by atoms with E-state index >= 15 is 0 Å². The van der Waals surface area contributed by atoms with Crippen molar-refractivity contribution >= 4 is 29.1 Å². The fourth-order valence-electron chi connectivity index (χ4n) is 1.66. The van der Waals surface area contributed by atoms with Crippen LogP contribution in [-0.4, -0.2) is 11.5 Å². The van der Waals surface area contributed by atoms with Gasteiger partial charge in [-0.15, -0.1) is 11.8 Å². The SMILES string of the molecule is O=C(CSc1cccc(Cl)c1)c1cccc(C(F)(F)F)c1. The maximum atomic E-state index is 12.6. The van der Waals surface area contributed by atoms with E-state index in [4.69, 9.17) is 11.6 Å². The highest BCUT2D eigenvalue weighted by Gasteiger charge is 2.30. The third-order valence-corrected chi connectivity index (χ3v) is 3.91. The summed E-state index contributed by atoms with van der Waals surface area (Å²) in [4.78, 5) is 12.8. The number of halogens is 4. The molecule has 0 saturated carbocycles. The Balaban J connectivity index is 2.07. The molecule has 0 N–H and O–H groups in total. The van der Waals surface area contributed by atoms with E-state index in [1.807, 2.05) is 0 Å². The molecule has 0 fully saturated rings. The highest BCUT2D eigenvalue weighted by atomic mass is 35.5. The molecule has 0 atom stereocenters. The van der Waals surface area contributed by atoms with Gasteiger partial charge in [0.05, 0.1) is 11.3 Å². The van der Waals surface area contributed by atoms with Crippen LogP contribution in [0.25, 0.3) is 0 Å². The van der Waals surface area contributed by atoms with Crippen LogP contribution in [0, 0.1) is 0 Å². The first-order valence-corrected chi connectivity index (χ1v) is 7.31. The lowest BCUT2D eigenvalue weighted by molar-refractivity contribution is -0.137. The molecule has 1 nitrogen and oxygen atoms in total. The van der Waals surface area contributed by atoms with E-state index in [1.54, 1.807) is 24.3 Å². The van der Waals surface area contributed by atoms with Gasteiger partial charge in [-0.25, -0.2) is 0 Å². The van der Waals surface area contributed by atoms with Crippen molar-refractivity contribution in [3.63, 3.8) is 0 Å². The zero-order valence-corrected chi connectivity index (χ0v) is 12.2. The number of rotatable bonds is 4. The van der Waals surface area contributed by atoms with Crippen molar-refractivity contribution in [1.29, 1.82) is 0 Å². The Labute approximate surface area is 129 Å². The van der Waals surface area contributed by atoms with Crippen molar-refractivity contribution in [3.8, 4) is 0 Å². The maximum Gasteiger partial charge on any atom is 0.416 e. The van der Waals surface area contributed by atoms with Crippen molar-refractivity contribution in [2.24, 2.45) is 0 Å². The van der Waals surface area contributed by atoms with Gasteiger partial charge in [0.25, 0.3) is 0 Å². The summed E-state index contributed by atoms with van der Waals surface area (Å²) in [5, 5.41) is 0.548. The van der Waals surface area contributed by atoms with Crippen molar-refractivity contribution in [3.05, 3.63) is 64.7 Å². The van der Waals surface area contributed by atoms with Crippen LogP contribution in [0.1, 0.15) is 15.9 Å². The molecule has 2 aromatic carbocycles. The quantitative estimate of drug-likeness (QED) is 0.556. The second-order valence-corrected chi connectivity index (χ2v) is 5.73. The van der Waals surface area contributed by atoms with E-state index in [1.165, 1.54) is 23.9 Å². The summed E-state index contributed by atoms with van der Waals surface area (Å²) in [6.45, 7) is 0. The average Bonchev–Trinajstić information content (AvgIpc) is 2.44. The number of carbonyl (C=O) groups excluding carboxylic acids is 1. The molecule has 21 heavy (non-hydrogen) atoms. The van der Waals surface area contributed by atoms with Crippen molar-refractivity contribution in [1.82, 2.24) is 0 Å². The third-order valence-electron chi connectivity index (χ3n) is 2.68. The number of benzene rings is 2. The summed E-state index contributed by atoms with van der Waals surface area (Å²) < 4.78 is 37.8. The van der Waals surface area contributed by atoms with E-state index in [9.17, 15) is 18.0 Å². The number of ketones is 1. The first-order chi connectivity index (χ1) is 9.86. The fraction of sp³-hybridized carbons (Fsp3) is 0.133. The average molecular weight is 331 g/mol. The van der Waals surface area contributed by atoms with Crippen molar-refractivity contribution < 1.29 is 18.0 Å². The van der Waals surface area contributed by atoms with E-state index in [0.29, 0.717) is 5.02 Å². The van der Waals surface area contributed by atoms with Crippen LogP contribution in [0.4, 0.5) is 13.2 Å². The molecule has 0 aliphatic rings. The Morgan fingerprint density at radius 2 is 1.81 bits per heavy atom. The topological polar surface area (TPSA) is 17.1 Å². The smallest absolute Gasteiger partial charge is 0.293 e. The van der Waals surface area contributed by atoms with Crippen molar-refractivity contribution in [2.45, 2.75) is 11.1 Å². The standard InChI is InChI=1S/C15H10ClF3OS/c16-12-5-2-6-13(8-12)21-9-14(20)10-3-1-4-11(7-10)15(17,18)19/h1-8H,9H2. The largest absolute Gasteiger partial charge is 0.416 e. The lowest BCUT2D eigenvalue weighted by Gasteiger charge is -2.08. The number of hydrogen-bond acceptors (Lipinski definition) is 2. The minimum atomic E-state index is -4.45. The van der Waals surface area contributed by atoms with Gasteiger partial charge in [0.15, 0.2) is 5.78 Å². The number of hydrogen-bond donors (Lipinski definition) is 0. The summed E-state index contributed by atoms with van der Waals surface area (Å²) in [5.74, 6) is -0.298. The predicted molar refractivity (Wildman–Crippen MR) is 78.0 cm³/mol. The molecule has 0 aliphatic carbocycles. The monoisotopic (exact) mass is 330 g/mol. The van der Waals surface area contributed by atoms with Crippen molar-refractivity contribution in [2.75, 3.05) is 5.75 Å². The van der Waals surface area contributed by atoms with Gasteiger partial charge >= 0.3 is 6.18 Å². The molecular weight excluding hydrogens is 321 g/mol. The second kappa shape index (κ2) is 6.54. The Kier molecular flexibility index (Phi) is 4.96. The molecule has 0 unspecified atom stereocenters. The number of thioether (sulfide) groups is 1. The predicted octanol–water partition coefficient (Wildman–Crippen LogP) is 5.33. The van der Waals surface area contributed by atoms with E-state index in [-0.39, 0.29) is 17.1 Å². The Hall–Kier alpha value is -1.46. The van der Waals surface area contributed by atoms with Crippen LogP contribution < -0.4 is 0 Å². The second-order valence-electron chi connectivity index (χ2n) is 4.25. The maximum absolute atomic E-state index is 12.6. The molecule has 0 saturated heterocycles. The van der Waals surface area contributed by atoms with Crippen LogP contribution >= 0.6 is 23.4 Å². The zero-order valence-electron chi connectivity index (χ0n) is 10.7. The Morgan fingerprint density at radius 3 is 2.48 bits per heavy atom. The molecule has 0 heterocycles. The van der Waals surface area contributed by atoms with Crippen LogP contribution in [0.5, 0.6) is 0 Å². The minimum Gasteiger partial charge on any atom is -0.293 e. The van der Waals surface area contributed by atoms with Crippen LogP contribution in [0.15, 0.2) is 53.4 Å². The zero-order chi connectivity index (χ0) is 15.5. The summed E-state index contributed by atoms with van der Waals surface area (Å²) >= 11 is 7.06. The molecule has 2 aromatic rings. The molecule has 0 aliphatic heterocycles. The number of carbonyl (C=O) groups is 1. The molecular formula is C15H10ClF3OS. The molecule has 0 amide bonds.